The van der Waals surface area contributed by atoms with Crippen molar-refractivity contribution in [2.45, 2.75) is 45.6 Å². The molecule has 0 aliphatic heterocycles. The molecule has 18 heavy (non-hydrogen) atoms. The molecule has 0 radical (unpaired) electrons. The summed E-state index contributed by atoms with van der Waals surface area (Å²) in [5.74, 6) is 0. The summed E-state index contributed by atoms with van der Waals surface area (Å²) in [6, 6.07) is 10.4. The standard InChI is InChI=1S/C16H22N2/c1-3-16(8-5-9-16)12-18-13(2)15-7-4-6-14(10-15)11-17/h4,6-7,10,13,18H,3,5,8-9,12H2,1-2H3. The van der Waals surface area contributed by atoms with E-state index in [9.17, 15) is 0 Å². The van der Waals surface area contributed by atoms with E-state index in [-0.39, 0.29) is 0 Å². The maximum Gasteiger partial charge on any atom is 0.0991 e. The molecule has 1 fully saturated rings. The van der Waals surface area contributed by atoms with Crippen molar-refractivity contribution in [3.63, 3.8) is 0 Å². The van der Waals surface area contributed by atoms with E-state index in [1.807, 2.05) is 18.2 Å². The van der Waals surface area contributed by atoms with Gasteiger partial charge in [0.15, 0.2) is 0 Å². The van der Waals surface area contributed by atoms with Crippen molar-refractivity contribution in [1.82, 2.24) is 5.32 Å². The minimum atomic E-state index is 0.322. The van der Waals surface area contributed by atoms with Gasteiger partial charge in [-0.05, 0) is 49.3 Å². The van der Waals surface area contributed by atoms with Crippen molar-refractivity contribution < 1.29 is 0 Å². The van der Waals surface area contributed by atoms with Gasteiger partial charge in [-0.15, -0.1) is 0 Å². The number of hydrogen-bond donors (Lipinski definition) is 1. The lowest BCUT2D eigenvalue weighted by Crippen LogP contribution is -2.40. The third-order valence-electron chi connectivity index (χ3n) is 4.46. The minimum Gasteiger partial charge on any atom is -0.310 e. The zero-order valence-corrected chi connectivity index (χ0v) is 11.4. The highest BCUT2D eigenvalue weighted by atomic mass is 14.9. The molecule has 1 atom stereocenters. The van der Waals surface area contributed by atoms with Gasteiger partial charge in [-0.3, -0.25) is 0 Å². The summed E-state index contributed by atoms with van der Waals surface area (Å²) >= 11 is 0. The van der Waals surface area contributed by atoms with E-state index in [1.165, 1.54) is 31.2 Å². The summed E-state index contributed by atoms with van der Waals surface area (Å²) in [6.45, 7) is 5.57. The van der Waals surface area contributed by atoms with E-state index in [1.54, 1.807) is 0 Å². The zero-order valence-electron chi connectivity index (χ0n) is 11.4. The van der Waals surface area contributed by atoms with E-state index in [2.05, 4.69) is 31.3 Å². The van der Waals surface area contributed by atoms with E-state index in [0.717, 1.165) is 12.1 Å². The Morgan fingerprint density at radius 3 is 2.78 bits per heavy atom. The molecule has 0 saturated heterocycles. The predicted molar refractivity (Wildman–Crippen MR) is 74.1 cm³/mol. The van der Waals surface area contributed by atoms with Crippen molar-refractivity contribution in [3.8, 4) is 6.07 Å². The maximum absolute atomic E-state index is 8.92. The number of rotatable bonds is 5. The molecule has 1 aromatic carbocycles. The second kappa shape index (κ2) is 5.54. The lowest BCUT2D eigenvalue weighted by molar-refractivity contribution is 0.120. The smallest absolute Gasteiger partial charge is 0.0991 e. The first-order valence-electron chi connectivity index (χ1n) is 6.92. The average molecular weight is 242 g/mol. The molecule has 0 heterocycles. The summed E-state index contributed by atoms with van der Waals surface area (Å²) in [5.41, 5.74) is 2.50. The maximum atomic E-state index is 8.92. The molecule has 2 rings (SSSR count). The van der Waals surface area contributed by atoms with Crippen LogP contribution in [0, 0.1) is 16.7 Å². The van der Waals surface area contributed by atoms with Gasteiger partial charge in [0.1, 0.15) is 0 Å². The first-order valence-corrected chi connectivity index (χ1v) is 6.92. The van der Waals surface area contributed by atoms with Crippen LogP contribution in [0.2, 0.25) is 0 Å². The van der Waals surface area contributed by atoms with E-state index in [0.29, 0.717) is 11.5 Å². The number of nitrogens with zero attached hydrogens (tertiary/aromatic N) is 1. The Labute approximate surface area is 110 Å². The number of benzene rings is 1. The van der Waals surface area contributed by atoms with Crippen LogP contribution in [0.25, 0.3) is 0 Å². The fourth-order valence-electron chi connectivity index (χ4n) is 2.70. The SMILES string of the molecule is CCC1(CNC(C)c2cccc(C#N)c2)CCC1. The second-order valence-electron chi connectivity index (χ2n) is 5.55. The van der Waals surface area contributed by atoms with E-state index in [4.69, 9.17) is 5.26 Å². The van der Waals surface area contributed by atoms with Crippen LogP contribution >= 0.6 is 0 Å². The molecule has 1 aliphatic rings. The van der Waals surface area contributed by atoms with Crippen molar-refractivity contribution >= 4 is 0 Å². The van der Waals surface area contributed by atoms with Crippen LogP contribution in [0.3, 0.4) is 0 Å². The Hall–Kier alpha value is -1.33. The Morgan fingerprint density at radius 1 is 1.44 bits per heavy atom. The van der Waals surface area contributed by atoms with E-state index >= 15 is 0 Å². The van der Waals surface area contributed by atoms with Gasteiger partial charge in [0.25, 0.3) is 0 Å². The van der Waals surface area contributed by atoms with Gasteiger partial charge in [-0.2, -0.15) is 5.26 Å². The van der Waals surface area contributed by atoms with Crippen LogP contribution in [0.15, 0.2) is 24.3 Å². The monoisotopic (exact) mass is 242 g/mol. The van der Waals surface area contributed by atoms with Gasteiger partial charge in [0.05, 0.1) is 11.6 Å². The van der Waals surface area contributed by atoms with Crippen molar-refractivity contribution in [1.29, 1.82) is 5.26 Å². The van der Waals surface area contributed by atoms with Crippen molar-refractivity contribution in [2.75, 3.05) is 6.54 Å². The Morgan fingerprint density at radius 2 is 2.22 bits per heavy atom. The average Bonchev–Trinajstić information content (AvgIpc) is 2.38. The highest BCUT2D eigenvalue weighted by Crippen LogP contribution is 2.43. The molecule has 0 aromatic heterocycles. The Balaban J connectivity index is 1.95. The van der Waals surface area contributed by atoms with Crippen LogP contribution in [0.5, 0.6) is 0 Å². The van der Waals surface area contributed by atoms with E-state index < -0.39 is 0 Å². The molecule has 1 N–H and O–H groups in total. The van der Waals surface area contributed by atoms with Gasteiger partial charge >= 0.3 is 0 Å². The van der Waals surface area contributed by atoms with Crippen molar-refractivity contribution in [2.24, 2.45) is 5.41 Å². The fraction of sp³-hybridized carbons (Fsp3) is 0.562. The largest absolute Gasteiger partial charge is 0.310 e. The lowest BCUT2D eigenvalue weighted by atomic mass is 9.67. The highest BCUT2D eigenvalue weighted by molar-refractivity contribution is 5.34. The summed E-state index contributed by atoms with van der Waals surface area (Å²) in [7, 11) is 0. The van der Waals surface area contributed by atoms with Gasteiger partial charge in [0, 0.05) is 12.6 Å². The third kappa shape index (κ3) is 2.73. The topological polar surface area (TPSA) is 35.8 Å². The molecule has 0 spiro atoms. The molecular formula is C16H22N2. The predicted octanol–water partition coefficient (Wildman–Crippen LogP) is 3.79. The highest BCUT2D eigenvalue weighted by Gasteiger charge is 2.34. The van der Waals surface area contributed by atoms with Crippen LogP contribution in [-0.4, -0.2) is 6.54 Å². The third-order valence-corrected chi connectivity index (χ3v) is 4.46. The quantitative estimate of drug-likeness (QED) is 0.852. The van der Waals surface area contributed by atoms with Gasteiger partial charge in [-0.25, -0.2) is 0 Å². The van der Waals surface area contributed by atoms with Gasteiger partial charge in [-0.1, -0.05) is 25.5 Å². The molecule has 96 valence electrons. The molecule has 0 bridgehead atoms. The van der Waals surface area contributed by atoms with Crippen molar-refractivity contribution in [3.05, 3.63) is 35.4 Å². The number of nitrogens with one attached hydrogen (secondary N) is 1. The summed E-state index contributed by atoms with van der Waals surface area (Å²) in [6.07, 6.45) is 5.38. The molecule has 1 aliphatic carbocycles. The molecule has 1 saturated carbocycles. The normalized spacial score (nSPS) is 18.7. The van der Waals surface area contributed by atoms with Crippen LogP contribution < -0.4 is 5.32 Å². The van der Waals surface area contributed by atoms with Gasteiger partial charge < -0.3 is 5.32 Å². The minimum absolute atomic E-state index is 0.322. The summed E-state index contributed by atoms with van der Waals surface area (Å²) in [5, 5.41) is 12.6. The number of nitriles is 1. The van der Waals surface area contributed by atoms with Crippen LogP contribution in [-0.2, 0) is 0 Å². The second-order valence-corrected chi connectivity index (χ2v) is 5.55. The number of hydrogen-bond acceptors (Lipinski definition) is 2. The lowest BCUT2D eigenvalue weighted by Gasteiger charge is -2.42. The summed E-state index contributed by atoms with van der Waals surface area (Å²) < 4.78 is 0. The first kappa shape index (κ1) is 13.1. The van der Waals surface area contributed by atoms with Gasteiger partial charge in [0.2, 0.25) is 0 Å². The molecular weight excluding hydrogens is 220 g/mol. The fourth-order valence-corrected chi connectivity index (χ4v) is 2.70. The Kier molecular flexibility index (Phi) is 4.04. The Bertz CT molecular complexity index is 435. The molecule has 1 aromatic rings. The van der Waals surface area contributed by atoms with Crippen LogP contribution in [0.4, 0.5) is 0 Å². The molecule has 2 nitrogen and oxygen atoms in total. The van der Waals surface area contributed by atoms with Crippen LogP contribution in [0.1, 0.15) is 56.7 Å². The molecule has 0 amide bonds. The summed E-state index contributed by atoms with van der Waals surface area (Å²) in [4.78, 5) is 0. The molecule has 2 heteroatoms. The first-order chi connectivity index (χ1) is 8.69. The zero-order chi connectivity index (χ0) is 13.0. The molecule has 1 unspecified atom stereocenters.